The maximum Gasteiger partial charge on any atom is 0.161 e. The van der Waals surface area contributed by atoms with Crippen molar-refractivity contribution in [2.45, 2.75) is 32.3 Å². The molecule has 1 aliphatic rings. The number of anilines is 1. The Balaban J connectivity index is 2.38. The van der Waals surface area contributed by atoms with Crippen LogP contribution < -0.4 is 15.0 Å². The number of thioether (sulfide) groups is 1. The van der Waals surface area contributed by atoms with Crippen molar-refractivity contribution in [3.8, 4) is 5.75 Å². The number of carbonyl (C=O) groups excluding carboxylic acids is 1. The lowest BCUT2D eigenvalue weighted by Gasteiger charge is -2.29. The molecule has 0 spiro atoms. The van der Waals surface area contributed by atoms with Crippen LogP contribution in [0.3, 0.4) is 0 Å². The van der Waals surface area contributed by atoms with Crippen LogP contribution in [0, 0.1) is 0 Å². The van der Waals surface area contributed by atoms with Crippen LogP contribution in [-0.4, -0.2) is 24.4 Å². The number of hydrogen-bond donors (Lipinski definition) is 1. The Kier molecular flexibility index (Phi) is 4.73. The zero-order valence-electron chi connectivity index (χ0n) is 12.2. The highest BCUT2D eigenvalue weighted by atomic mass is 32.2. The van der Waals surface area contributed by atoms with Crippen molar-refractivity contribution >= 4 is 23.2 Å². The predicted molar refractivity (Wildman–Crippen MR) is 84.3 cm³/mol. The smallest absolute Gasteiger partial charge is 0.161 e. The summed E-state index contributed by atoms with van der Waals surface area (Å²) < 4.78 is 5.28. The molecule has 2 rings (SSSR count). The number of carbonyl (C=O) groups is 1. The number of nitrogens with zero attached hydrogens (tertiary/aromatic N) is 1. The second kappa shape index (κ2) is 6.33. The van der Waals surface area contributed by atoms with E-state index in [1.807, 2.05) is 29.8 Å². The molecule has 0 aliphatic carbocycles. The van der Waals surface area contributed by atoms with Crippen LogP contribution in [0.4, 0.5) is 5.69 Å². The molecule has 0 amide bonds. The Labute approximate surface area is 124 Å². The third-order valence-corrected chi connectivity index (χ3v) is 3.92. The number of methoxy groups -OCH3 is 1. The fraction of sp³-hybridized carbons (Fsp3) is 0.400. The molecule has 0 fully saturated rings. The molecule has 1 aliphatic heterocycles. The summed E-state index contributed by atoms with van der Waals surface area (Å²) in [6.07, 6.45) is 1.99. The Morgan fingerprint density at radius 1 is 1.45 bits per heavy atom. The molecule has 0 aromatic heterocycles. The van der Waals surface area contributed by atoms with E-state index >= 15 is 0 Å². The summed E-state index contributed by atoms with van der Waals surface area (Å²) in [6, 6.07) is 5.90. The van der Waals surface area contributed by atoms with Crippen molar-refractivity contribution in [2.75, 3.05) is 12.0 Å². The maximum absolute atomic E-state index is 11.8. The Bertz CT molecular complexity index is 529. The maximum atomic E-state index is 11.8. The van der Waals surface area contributed by atoms with Crippen LogP contribution in [0.25, 0.3) is 0 Å². The average molecular weight is 292 g/mol. The molecule has 0 bridgehead atoms. The minimum atomic E-state index is 0.0521. The van der Waals surface area contributed by atoms with E-state index in [2.05, 4.69) is 24.1 Å². The molecule has 0 saturated carbocycles. The first-order valence-electron chi connectivity index (χ1n) is 6.58. The van der Waals surface area contributed by atoms with Crippen molar-refractivity contribution in [2.24, 2.45) is 0 Å². The first-order valence-corrected chi connectivity index (χ1v) is 7.52. The van der Waals surface area contributed by atoms with Gasteiger partial charge >= 0.3 is 0 Å². The van der Waals surface area contributed by atoms with E-state index in [0.717, 1.165) is 11.4 Å². The molecule has 4 nitrogen and oxygen atoms in total. The van der Waals surface area contributed by atoms with Gasteiger partial charge in [0.05, 0.1) is 12.8 Å². The van der Waals surface area contributed by atoms with E-state index in [-0.39, 0.29) is 11.3 Å². The molecule has 0 radical (unpaired) electrons. The molecule has 0 saturated heterocycles. The van der Waals surface area contributed by atoms with Gasteiger partial charge < -0.3 is 9.64 Å². The topological polar surface area (TPSA) is 41.6 Å². The zero-order valence-corrected chi connectivity index (χ0v) is 13.0. The van der Waals surface area contributed by atoms with Crippen molar-refractivity contribution < 1.29 is 9.53 Å². The number of nitrogens with one attached hydrogen (secondary N) is 1. The van der Waals surface area contributed by atoms with Crippen LogP contribution in [0.5, 0.6) is 5.75 Å². The highest BCUT2D eigenvalue weighted by molar-refractivity contribution is 8.03. The zero-order chi connectivity index (χ0) is 14.7. The molecule has 1 aromatic rings. The highest BCUT2D eigenvalue weighted by Crippen LogP contribution is 2.34. The summed E-state index contributed by atoms with van der Waals surface area (Å²) in [6.45, 7) is 5.80. The summed E-state index contributed by atoms with van der Waals surface area (Å²) in [7, 11) is 1.63. The average Bonchev–Trinajstić information content (AvgIpc) is 2.85. The van der Waals surface area contributed by atoms with E-state index < -0.39 is 0 Å². The lowest BCUT2D eigenvalue weighted by molar-refractivity contribution is 0.101. The number of ketones is 1. The number of ether oxygens (including phenoxy) is 1. The minimum absolute atomic E-state index is 0.0521. The Morgan fingerprint density at radius 3 is 2.80 bits per heavy atom. The summed E-state index contributed by atoms with van der Waals surface area (Å²) in [5, 5.41) is 5.50. The normalized spacial score (nSPS) is 17.9. The quantitative estimate of drug-likeness (QED) is 0.844. The SMILES string of the molecule is COc1ccc(C(C)=O)c(N2C=CSC2NC(C)C)c1. The van der Waals surface area contributed by atoms with E-state index in [9.17, 15) is 4.79 Å². The fourth-order valence-electron chi connectivity index (χ4n) is 2.08. The van der Waals surface area contributed by atoms with Gasteiger partial charge in [0.15, 0.2) is 5.78 Å². The first-order chi connectivity index (χ1) is 9.52. The number of rotatable bonds is 5. The molecular formula is C15H20N2O2S. The Hall–Kier alpha value is -1.46. The molecule has 108 valence electrons. The van der Waals surface area contributed by atoms with E-state index in [4.69, 9.17) is 4.74 Å². The van der Waals surface area contributed by atoms with Gasteiger partial charge in [-0.05, 0) is 38.3 Å². The molecular weight excluding hydrogens is 272 g/mol. The van der Waals surface area contributed by atoms with Gasteiger partial charge in [-0.2, -0.15) is 0 Å². The van der Waals surface area contributed by atoms with Gasteiger partial charge in [-0.15, -0.1) is 0 Å². The summed E-state index contributed by atoms with van der Waals surface area (Å²) >= 11 is 1.69. The van der Waals surface area contributed by atoms with Crippen LogP contribution in [0.15, 0.2) is 29.8 Å². The van der Waals surface area contributed by atoms with Crippen molar-refractivity contribution in [3.63, 3.8) is 0 Å². The Morgan fingerprint density at radius 2 is 2.20 bits per heavy atom. The predicted octanol–water partition coefficient (Wildman–Crippen LogP) is 3.20. The molecule has 1 atom stereocenters. The van der Waals surface area contributed by atoms with E-state index in [0.29, 0.717) is 11.6 Å². The molecule has 1 N–H and O–H groups in total. The van der Waals surface area contributed by atoms with Gasteiger partial charge in [-0.3, -0.25) is 10.1 Å². The minimum Gasteiger partial charge on any atom is -0.497 e. The van der Waals surface area contributed by atoms with Crippen molar-refractivity contribution in [3.05, 3.63) is 35.4 Å². The third-order valence-electron chi connectivity index (χ3n) is 3.02. The lowest BCUT2D eigenvalue weighted by Crippen LogP contribution is -2.42. The highest BCUT2D eigenvalue weighted by Gasteiger charge is 2.25. The number of Topliss-reactive ketones (excluding diaryl/α,β-unsaturated/α-hetero) is 1. The van der Waals surface area contributed by atoms with Crippen LogP contribution in [0.1, 0.15) is 31.1 Å². The number of hydrogen-bond acceptors (Lipinski definition) is 5. The summed E-state index contributed by atoms with van der Waals surface area (Å²) in [4.78, 5) is 13.9. The van der Waals surface area contributed by atoms with Crippen LogP contribution >= 0.6 is 11.8 Å². The standard InChI is InChI=1S/C15H20N2O2S/c1-10(2)16-15-17(7-8-20-15)14-9-12(19-4)5-6-13(14)11(3)18/h5-10,15-16H,1-4H3. The van der Waals surface area contributed by atoms with Crippen LogP contribution in [0.2, 0.25) is 0 Å². The first kappa shape index (κ1) is 14.9. The monoisotopic (exact) mass is 292 g/mol. The van der Waals surface area contributed by atoms with Gasteiger partial charge in [0.25, 0.3) is 0 Å². The molecule has 1 heterocycles. The van der Waals surface area contributed by atoms with Gasteiger partial charge in [0.2, 0.25) is 0 Å². The second-order valence-electron chi connectivity index (χ2n) is 4.94. The van der Waals surface area contributed by atoms with E-state index in [1.54, 1.807) is 25.8 Å². The molecule has 5 heteroatoms. The second-order valence-corrected chi connectivity index (χ2v) is 5.93. The van der Waals surface area contributed by atoms with Crippen molar-refractivity contribution in [1.29, 1.82) is 0 Å². The summed E-state index contributed by atoms with van der Waals surface area (Å²) in [5.74, 6) is 0.801. The lowest BCUT2D eigenvalue weighted by atomic mass is 10.1. The molecule has 1 aromatic carbocycles. The third kappa shape index (κ3) is 3.16. The van der Waals surface area contributed by atoms with Gasteiger partial charge in [-0.25, -0.2) is 0 Å². The molecule has 1 unspecified atom stereocenters. The van der Waals surface area contributed by atoms with Gasteiger partial charge in [0.1, 0.15) is 11.2 Å². The number of benzene rings is 1. The van der Waals surface area contributed by atoms with Crippen LogP contribution in [-0.2, 0) is 0 Å². The fourth-order valence-corrected chi connectivity index (χ4v) is 3.10. The van der Waals surface area contributed by atoms with Gasteiger partial charge in [0, 0.05) is 23.9 Å². The van der Waals surface area contributed by atoms with E-state index in [1.165, 1.54) is 0 Å². The summed E-state index contributed by atoms with van der Waals surface area (Å²) in [5.41, 5.74) is 1.67. The van der Waals surface area contributed by atoms with Gasteiger partial charge in [-0.1, -0.05) is 11.8 Å². The largest absolute Gasteiger partial charge is 0.497 e. The molecule has 20 heavy (non-hydrogen) atoms. The van der Waals surface area contributed by atoms with Crippen molar-refractivity contribution in [1.82, 2.24) is 5.32 Å².